The van der Waals surface area contributed by atoms with Gasteiger partial charge >= 0.3 is 0 Å². The normalized spacial score (nSPS) is 20.5. The number of benzene rings is 2. The number of thioether (sulfide) groups is 1. The molecule has 3 nitrogen and oxygen atoms in total. The van der Waals surface area contributed by atoms with Crippen LogP contribution in [0, 0.1) is 18.8 Å². The lowest BCUT2D eigenvalue weighted by Crippen LogP contribution is -2.49. The van der Waals surface area contributed by atoms with Crippen LogP contribution in [0.4, 0.5) is 5.69 Å². The predicted molar refractivity (Wildman–Crippen MR) is 151 cm³/mol. The zero-order chi connectivity index (χ0) is 24.8. The highest BCUT2D eigenvalue weighted by molar-refractivity contribution is 7.99. The van der Waals surface area contributed by atoms with Crippen molar-refractivity contribution < 1.29 is 9.53 Å². The van der Waals surface area contributed by atoms with E-state index in [1.165, 1.54) is 80.2 Å². The maximum atomic E-state index is 13.1. The number of fused-ring (bicyclic) bond motifs is 1. The molecule has 0 atom stereocenters. The van der Waals surface area contributed by atoms with E-state index in [9.17, 15) is 4.79 Å². The molecule has 0 saturated heterocycles. The Balaban J connectivity index is 1.27. The Morgan fingerprint density at radius 2 is 1.56 bits per heavy atom. The molecular weight excluding hydrogens is 462 g/mol. The minimum absolute atomic E-state index is 0.0114. The lowest BCUT2D eigenvalue weighted by molar-refractivity contribution is -0.119. The first kappa shape index (κ1) is 25.7. The van der Waals surface area contributed by atoms with Crippen molar-refractivity contribution in [1.29, 1.82) is 0 Å². The van der Waals surface area contributed by atoms with Gasteiger partial charge in [0.25, 0.3) is 0 Å². The Bertz CT molecular complexity index is 987. The predicted octanol–water partition coefficient (Wildman–Crippen LogP) is 8.69. The van der Waals surface area contributed by atoms with Gasteiger partial charge in [0, 0.05) is 22.4 Å². The number of ether oxygens (including phenoxy) is 1. The Morgan fingerprint density at radius 3 is 2.22 bits per heavy atom. The molecule has 0 aromatic heterocycles. The van der Waals surface area contributed by atoms with Gasteiger partial charge < -0.3 is 10.1 Å². The molecule has 4 heteroatoms. The van der Waals surface area contributed by atoms with Gasteiger partial charge in [-0.25, -0.2) is 0 Å². The molecule has 194 valence electrons. The molecule has 0 spiro atoms. The van der Waals surface area contributed by atoms with E-state index in [1.54, 1.807) is 0 Å². The summed E-state index contributed by atoms with van der Waals surface area (Å²) >= 11 is 1.93. The first-order valence-corrected chi connectivity index (χ1v) is 15.4. The Hall–Kier alpha value is -1.94. The smallest absolute Gasteiger partial charge is 0.225 e. The van der Waals surface area contributed by atoms with Gasteiger partial charge in [-0.15, -0.1) is 11.8 Å². The Labute approximate surface area is 222 Å². The van der Waals surface area contributed by atoms with Gasteiger partial charge in [0.2, 0.25) is 5.91 Å². The standard InChI is InChI=1S/C32H43NO2S/c1-24-14-17-28(18-15-24)36-21-9-8-20-35-27-16-19-30-29(22-27)32(23-31(34)33-30,25-10-4-2-5-11-25)26-12-6-3-7-13-26/h14-19,22,25-26H,2-13,20-21,23H2,1H3,(H,33,34). The number of carbonyl (C=O) groups excluding carboxylic acids is 1. The van der Waals surface area contributed by atoms with E-state index in [1.807, 2.05) is 11.8 Å². The summed E-state index contributed by atoms with van der Waals surface area (Å²) in [6, 6.07) is 15.3. The summed E-state index contributed by atoms with van der Waals surface area (Å²) in [6.07, 6.45) is 15.9. The zero-order valence-corrected chi connectivity index (χ0v) is 22.8. The summed E-state index contributed by atoms with van der Waals surface area (Å²) in [6.45, 7) is 2.88. The molecule has 1 N–H and O–H groups in total. The van der Waals surface area contributed by atoms with E-state index in [4.69, 9.17) is 4.74 Å². The summed E-state index contributed by atoms with van der Waals surface area (Å²) in [4.78, 5) is 14.4. The van der Waals surface area contributed by atoms with Gasteiger partial charge in [-0.1, -0.05) is 56.2 Å². The van der Waals surface area contributed by atoms with E-state index in [0.29, 0.717) is 18.3 Å². The molecule has 2 fully saturated rings. The summed E-state index contributed by atoms with van der Waals surface area (Å²) in [5.41, 5.74) is 3.73. The molecule has 1 aliphatic heterocycles. The quantitative estimate of drug-likeness (QED) is 0.274. The summed E-state index contributed by atoms with van der Waals surface area (Å²) in [7, 11) is 0. The molecule has 2 saturated carbocycles. The maximum Gasteiger partial charge on any atom is 0.225 e. The lowest BCUT2D eigenvalue weighted by atomic mass is 9.53. The number of nitrogens with one attached hydrogen (secondary N) is 1. The van der Waals surface area contributed by atoms with Crippen LogP contribution in [0.2, 0.25) is 0 Å². The van der Waals surface area contributed by atoms with Crippen molar-refractivity contribution in [3.8, 4) is 5.75 Å². The van der Waals surface area contributed by atoms with Crippen molar-refractivity contribution >= 4 is 23.4 Å². The number of hydrogen-bond acceptors (Lipinski definition) is 3. The summed E-state index contributed by atoms with van der Waals surface area (Å²) in [5, 5.41) is 3.23. The van der Waals surface area contributed by atoms with E-state index < -0.39 is 0 Å². The molecule has 0 bridgehead atoms. The van der Waals surface area contributed by atoms with Gasteiger partial charge in [-0.05, 0) is 98.9 Å². The number of amides is 1. The van der Waals surface area contributed by atoms with E-state index in [-0.39, 0.29) is 11.3 Å². The van der Waals surface area contributed by atoms with Crippen molar-refractivity contribution in [3.63, 3.8) is 0 Å². The Kier molecular flexibility index (Phi) is 8.62. The second kappa shape index (κ2) is 12.1. The number of anilines is 1. The number of rotatable bonds is 9. The van der Waals surface area contributed by atoms with Crippen LogP contribution in [0.5, 0.6) is 5.75 Å². The average molecular weight is 506 g/mol. The molecule has 3 aliphatic rings. The van der Waals surface area contributed by atoms with Crippen molar-refractivity contribution in [3.05, 3.63) is 53.6 Å². The molecule has 1 amide bonds. The zero-order valence-electron chi connectivity index (χ0n) is 22.0. The van der Waals surface area contributed by atoms with E-state index in [2.05, 4.69) is 54.7 Å². The topological polar surface area (TPSA) is 38.3 Å². The third-order valence-corrected chi connectivity index (χ3v) is 10.1. The van der Waals surface area contributed by atoms with Gasteiger partial charge in [0.15, 0.2) is 0 Å². The van der Waals surface area contributed by atoms with Gasteiger partial charge in [-0.2, -0.15) is 0 Å². The van der Waals surface area contributed by atoms with Crippen molar-refractivity contribution in [1.82, 2.24) is 0 Å². The van der Waals surface area contributed by atoms with E-state index >= 15 is 0 Å². The SMILES string of the molecule is Cc1ccc(SCCCCOc2ccc3c(c2)C(C2CCCCC2)(C2CCCCC2)CC(=O)N3)cc1. The number of unbranched alkanes of at least 4 members (excludes halogenated alkanes) is 1. The monoisotopic (exact) mass is 505 g/mol. The van der Waals surface area contributed by atoms with Crippen molar-refractivity contribution in [2.75, 3.05) is 17.7 Å². The fourth-order valence-electron chi connectivity index (χ4n) is 7.18. The molecule has 2 aliphatic carbocycles. The van der Waals surface area contributed by atoms with Crippen LogP contribution < -0.4 is 10.1 Å². The third-order valence-electron chi connectivity index (χ3n) is 8.98. The second-order valence-corrected chi connectivity index (χ2v) is 12.5. The van der Waals surface area contributed by atoms with Gasteiger partial charge in [-0.3, -0.25) is 4.79 Å². The van der Waals surface area contributed by atoms with Crippen molar-refractivity contribution in [2.24, 2.45) is 11.8 Å². The Morgan fingerprint density at radius 1 is 0.889 bits per heavy atom. The summed E-state index contributed by atoms with van der Waals surface area (Å²) < 4.78 is 6.31. The van der Waals surface area contributed by atoms with E-state index in [0.717, 1.165) is 36.6 Å². The van der Waals surface area contributed by atoms with Crippen LogP contribution in [0.1, 0.15) is 94.6 Å². The number of aryl methyl sites for hydroxylation is 1. The first-order valence-electron chi connectivity index (χ1n) is 14.4. The van der Waals surface area contributed by atoms with Crippen LogP contribution >= 0.6 is 11.8 Å². The molecule has 1 heterocycles. The van der Waals surface area contributed by atoms with Gasteiger partial charge in [0.1, 0.15) is 5.75 Å². The minimum atomic E-state index is -0.0114. The number of hydrogen-bond donors (Lipinski definition) is 1. The van der Waals surface area contributed by atoms with Crippen LogP contribution in [0.25, 0.3) is 0 Å². The molecule has 2 aromatic rings. The molecule has 0 radical (unpaired) electrons. The molecule has 2 aromatic carbocycles. The van der Waals surface area contributed by atoms with Crippen LogP contribution in [-0.2, 0) is 10.2 Å². The van der Waals surface area contributed by atoms with Crippen LogP contribution in [-0.4, -0.2) is 18.3 Å². The fourth-order valence-corrected chi connectivity index (χ4v) is 8.09. The van der Waals surface area contributed by atoms with Crippen molar-refractivity contribution in [2.45, 2.75) is 101 Å². The summed E-state index contributed by atoms with van der Waals surface area (Å²) in [5.74, 6) is 3.56. The highest BCUT2D eigenvalue weighted by Crippen LogP contribution is 2.56. The lowest BCUT2D eigenvalue weighted by Gasteiger charge is -2.52. The highest BCUT2D eigenvalue weighted by atomic mass is 32.2. The van der Waals surface area contributed by atoms with Crippen LogP contribution in [0.15, 0.2) is 47.4 Å². The minimum Gasteiger partial charge on any atom is -0.494 e. The van der Waals surface area contributed by atoms with Gasteiger partial charge in [0.05, 0.1) is 6.61 Å². The number of carbonyl (C=O) groups is 1. The second-order valence-electron chi connectivity index (χ2n) is 11.4. The molecule has 0 unspecified atom stereocenters. The highest BCUT2D eigenvalue weighted by Gasteiger charge is 2.51. The maximum absolute atomic E-state index is 13.1. The largest absolute Gasteiger partial charge is 0.494 e. The molecule has 5 rings (SSSR count). The molecule has 36 heavy (non-hydrogen) atoms. The first-order chi connectivity index (χ1) is 17.6. The third kappa shape index (κ3) is 5.79. The average Bonchev–Trinajstić information content (AvgIpc) is 2.92. The fraction of sp³-hybridized carbons (Fsp3) is 0.594. The van der Waals surface area contributed by atoms with Crippen LogP contribution in [0.3, 0.4) is 0 Å². The molecular formula is C32H43NO2S.